The van der Waals surface area contributed by atoms with Crippen LogP contribution in [0.25, 0.3) is 10.9 Å². The van der Waals surface area contributed by atoms with Gasteiger partial charge in [0.1, 0.15) is 11.8 Å². The third-order valence-electron chi connectivity index (χ3n) is 5.68. The topological polar surface area (TPSA) is 115 Å². The molecule has 182 valence electrons. The molecule has 2 aromatic heterocycles. The lowest BCUT2D eigenvalue weighted by Gasteiger charge is -2.22. The van der Waals surface area contributed by atoms with Crippen molar-refractivity contribution in [1.82, 2.24) is 19.9 Å². The quantitative estimate of drug-likeness (QED) is 0.330. The Morgan fingerprint density at radius 1 is 1.21 bits per heavy atom. The largest absolute Gasteiger partial charge is 0.496 e. The number of aryl methyl sites for hydroxylation is 1. The second-order valence-corrected chi connectivity index (χ2v) is 8.88. The van der Waals surface area contributed by atoms with Gasteiger partial charge in [0.05, 0.1) is 31.9 Å². The number of nitrogens with one attached hydrogen (secondary N) is 2. The molecule has 0 aliphatic heterocycles. The summed E-state index contributed by atoms with van der Waals surface area (Å²) in [7, 11) is 4.68. The first-order chi connectivity index (χ1) is 16.2. The van der Waals surface area contributed by atoms with Gasteiger partial charge in [-0.05, 0) is 30.5 Å². The maximum Gasteiger partial charge on any atom is 0.328 e. The highest BCUT2D eigenvalue weighted by molar-refractivity contribution is 6.02. The van der Waals surface area contributed by atoms with Crippen LogP contribution in [0.5, 0.6) is 5.75 Å². The fourth-order valence-electron chi connectivity index (χ4n) is 4.05. The lowest BCUT2D eigenvalue weighted by Crippen LogP contribution is -2.46. The van der Waals surface area contributed by atoms with E-state index in [0.29, 0.717) is 23.6 Å². The average molecular weight is 469 g/mol. The van der Waals surface area contributed by atoms with E-state index in [1.54, 1.807) is 30.3 Å². The Bertz CT molecular complexity index is 1160. The summed E-state index contributed by atoms with van der Waals surface area (Å²) in [6.07, 6.45) is 4.11. The van der Waals surface area contributed by atoms with Gasteiger partial charge in [-0.25, -0.2) is 9.78 Å². The molecule has 9 nitrogen and oxygen atoms in total. The Morgan fingerprint density at radius 2 is 1.97 bits per heavy atom. The van der Waals surface area contributed by atoms with Crippen molar-refractivity contribution in [3.63, 3.8) is 0 Å². The van der Waals surface area contributed by atoms with E-state index in [9.17, 15) is 14.4 Å². The van der Waals surface area contributed by atoms with Crippen LogP contribution in [0.3, 0.4) is 0 Å². The number of fused-ring (bicyclic) bond motifs is 1. The van der Waals surface area contributed by atoms with Crippen molar-refractivity contribution >= 4 is 28.6 Å². The number of carbonyl (C=O) groups is 3. The number of amides is 1. The van der Waals surface area contributed by atoms with Crippen LogP contribution < -0.4 is 10.1 Å². The van der Waals surface area contributed by atoms with Gasteiger partial charge < -0.3 is 24.3 Å². The van der Waals surface area contributed by atoms with Crippen molar-refractivity contribution in [3.05, 3.63) is 48.2 Å². The Morgan fingerprint density at radius 3 is 2.59 bits per heavy atom. The van der Waals surface area contributed by atoms with E-state index < -0.39 is 17.9 Å². The molecule has 0 aliphatic rings. The van der Waals surface area contributed by atoms with E-state index in [0.717, 1.165) is 10.9 Å². The van der Waals surface area contributed by atoms with Crippen molar-refractivity contribution in [1.29, 1.82) is 0 Å². The third-order valence-corrected chi connectivity index (χ3v) is 5.68. The number of imidazole rings is 1. The maximum absolute atomic E-state index is 13.2. The normalized spacial score (nSPS) is 13.0. The number of esters is 1. The fourth-order valence-corrected chi connectivity index (χ4v) is 4.05. The lowest BCUT2D eigenvalue weighted by atomic mass is 9.90. The molecule has 0 unspecified atom stereocenters. The molecule has 3 rings (SSSR count). The van der Waals surface area contributed by atoms with Crippen LogP contribution >= 0.6 is 0 Å². The average Bonchev–Trinajstić information content (AvgIpc) is 3.42. The second kappa shape index (κ2) is 11.0. The molecular weight excluding hydrogens is 436 g/mol. The molecule has 1 aromatic carbocycles. The summed E-state index contributed by atoms with van der Waals surface area (Å²) in [5.74, 6) is -0.855. The van der Waals surface area contributed by atoms with Crippen molar-refractivity contribution in [2.45, 2.75) is 39.2 Å². The van der Waals surface area contributed by atoms with E-state index in [-0.39, 0.29) is 30.4 Å². The maximum atomic E-state index is 13.2. The summed E-state index contributed by atoms with van der Waals surface area (Å²) in [5, 5.41) is 3.59. The van der Waals surface area contributed by atoms with Gasteiger partial charge in [0.25, 0.3) is 0 Å². The van der Waals surface area contributed by atoms with Gasteiger partial charge >= 0.3 is 5.97 Å². The minimum Gasteiger partial charge on any atom is -0.496 e. The molecule has 3 aromatic rings. The predicted octanol–water partition coefficient (Wildman–Crippen LogP) is 3.05. The molecule has 0 spiro atoms. The Hall–Kier alpha value is -3.62. The molecule has 34 heavy (non-hydrogen) atoms. The number of benzene rings is 1. The number of hydrogen-bond donors (Lipinski definition) is 2. The molecule has 0 saturated carbocycles. The fraction of sp³-hybridized carbons (Fsp3) is 0.440. The number of carbonyl (C=O) groups excluding carboxylic acids is 3. The zero-order chi connectivity index (χ0) is 24.8. The van der Waals surface area contributed by atoms with Crippen LogP contribution in [0.1, 0.15) is 42.9 Å². The minimum absolute atomic E-state index is 0.0105. The standard InChI is InChI=1S/C25H32N4O5/c1-15(2)9-16(10-22(30)20-12-18-19(27-20)7-6-8-23(18)33-4)24(31)28-21(25(32)34-5)11-17-13-29(3)14-26-17/h6-8,12-16,21,27H,9-11H2,1-5H3,(H,28,31)/t16-,21+/m1/s1. The molecule has 1 amide bonds. The predicted molar refractivity (Wildman–Crippen MR) is 128 cm³/mol. The number of ketones is 1. The van der Waals surface area contributed by atoms with Gasteiger partial charge in [-0.3, -0.25) is 9.59 Å². The molecule has 2 atom stereocenters. The Balaban J connectivity index is 1.77. The highest BCUT2D eigenvalue weighted by Crippen LogP contribution is 2.27. The van der Waals surface area contributed by atoms with E-state index >= 15 is 0 Å². The molecule has 0 radical (unpaired) electrons. The number of nitrogens with zero attached hydrogens (tertiary/aromatic N) is 2. The van der Waals surface area contributed by atoms with Crippen LogP contribution in [0, 0.1) is 11.8 Å². The van der Waals surface area contributed by atoms with Crippen LogP contribution in [-0.2, 0) is 27.8 Å². The SMILES string of the molecule is COC(=O)[C@H](Cc1cn(C)cn1)NC(=O)[C@@H](CC(=O)c1cc2c(OC)cccc2[nH]1)CC(C)C. The Kier molecular flexibility index (Phi) is 8.09. The number of methoxy groups -OCH3 is 2. The van der Waals surface area contributed by atoms with Gasteiger partial charge in [-0.1, -0.05) is 19.9 Å². The van der Waals surface area contributed by atoms with Gasteiger partial charge in [0, 0.05) is 42.9 Å². The number of H-pyrrole nitrogens is 1. The summed E-state index contributed by atoms with van der Waals surface area (Å²) in [5.41, 5.74) is 1.86. The molecule has 0 bridgehead atoms. The van der Waals surface area contributed by atoms with Gasteiger partial charge in [0.2, 0.25) is 5.91 Å². The van der Waals surface area contributed by atoms with Gasteiger partial charge in [-0.15, -0.1) is 0 Å². The van der Waals surface area contributed by atoms with Gasteiger partial charge in [-0.2, -0.15) is 0 Å². The number of aromatic nitrogens is 3. The van der Waals surface area contributed by atoms with E-state index in [2.05, 4.69) is 15.3 Å². The van der Waals surface area contributed by atoms with Crippen LogP contribution in [0.2, 0.25) is 0 Å². The summed E-state index contributed by atoms with van der Waals surface area (Å²) in [4.78, 5) is 46.0. The molecule has 2 N–H and O–H groups in total. The second-order valence-electron chi connectivity index (χ2n) is 8.88. The number of Topliss-reactive ketones (excluding diaryl/α,β-unsaturated/α-hetero) is 1. The zero-order valence-corrected chi connectivity index (χ0v) is 20.3. The molecule has 2 heterocycles. The van der Waals surface area contributed by atoms with E-state index in [4.69, 9.17) is 9.47 Å². The minimum atomic E-state index is -0.894. The van der Waals surface area contributed by atoms with Crippen molar-refractivity contribution in [2.24, 2.45) is 18.9 Å². The summed E-state index contributed by atoms with van der Waals surface area (Å²) in [6.45, 7) is 3.98. The number of ether oxygens (including phenoxy) is 2. The monoisotopic (exact) mass is 468 g/mol. The van der Waals surface area contributed by atoms with Crippen molar-refractivity contribution in [3.8, 4) is 5.75 Å². The number of rotatable bonds is 11. The van der Waals surface area contributed by atoms with Crippen molar-refractivity contribution < 1.29 is 23.9 Å². The van der Waals surface area contributed by atoms with E-state index in [1.165, 1.54) is 7.11 Å². The van der Waals surface area contributed by atoms with Crippen molar-refractivity contribution in [2.75, 3.05) is 14.2 Å². The summed E-state index contributed by atoms with van der Waals surface area (Å²) < 4.78 is 12.0. The van der Waals surface area contributed by atoms with Crippen LogP contribution in [-0.4, -0.2) is 52.5 Å². The first-order valence-corrected chi connectivity index (χ1v) is 11.3. The lowest BCUT2D eigenvalue weighted by molar-refractivity contribution is -0.145. The third kappa shape index (κ3) is 6.03. The molecular formula is C25H32N4O5. The summed E-state index contributed by atoms with van der Waals surface area (Å²) >= 11 is 0. The highest BCUT2D eigenvalue weighted by Gasteiger charge is 2.29. The van der Waals surface area contributed by atoms with Crippen LogP contribution in [0.4, 0.5) is 0 Å². The molecule has 0 saturated heterocycles. The summed E-state index contributed by atoms with van der Waals surface area (Å²) in [6, 6.07) is 6.39. The molecule has 0 aliphatic carbocycles. The van der Waals surface area contributed by atoms with Gasteiger partial charge in [0.15, 0.2) is 5.78 Å². The first-order valence-electron chi connectivity index (χ1n) is 11.3. The van der Waals surface area contributed by atoms with Crippen LogP contribution in [0.15, 0.2) is 36.8 Å². The molecule has 0 fully saturated rings. The van der Waals surface area contributed by atoms with E-state index in [1.807, 2.05) is 39.1 Å². The number of hydrogen-bond acceptors (Lipinski definition) is 6. The highest BCUT2D eigenvalue weighted by atomic mass is 16.5. The zero-order valence-electron chi connectivity index (χ0n) is 20.3. The molecule has 9 heteroatoms. The first kappa shape index (κ1) is 25.0. The smallest absolute Gasteiger partial charge is 0.328 e. The Labute approximate surface area is 198 Å². The number of aromatic amines is 1.